The standard InChI is InChI=1S/C17H16F4O2/c1-4-5-6-10-13(17(10,2)3)16(22)23-8-9-14(20)11(18)7-12(19)15(9)21/h4-7,10,13H,1,8H2,2-3H3/t10-,13+/m1/s1. The Hall–Kier alpha value is -2.11. The lowest BCUT2D eigenvalue weighted by molar-refractivity contribution is -0.147. The maximum atomic E-state index is 13.5. The highest BCUT2D eigenvalue weighted by Crippen LogP contribution is 2.59. The van der Waals surface area contributed by atoms with Crippen molar-refractivity contribution in [2.24, 2.45) is 17.3 Å². The zero-order chi connectivity index (χ0) is 17.4. The summed E-state index contributed by atoms with van der Waals surface area (Å²) in [5.41, 5.74) is -1.30. The predicted molar refractivity (Wildman–Crippen MR) is 76.2 cm³/mol. The summed E-state index contributed by atoms with van der Waals surface area (Å²) in [6, 6.07) is 0.107. The van der Waals surface area contributed by atoms with Gasteiger partial charge in [0, 0.05) is 6.07 Å². The first-order chi connectivity index (χ1) is 10.7. The number of halogens is 4. The van der Waals surface area contributed by atoms with Crippen molar-refractivity contribution in [1.29, 1.82) is 0 Å². The van der Waals surface area contributed by atoms with E-state index in [4.69, 9.17) is 4.74 Å². The fourth-order valence-corrected chi connectivity index (χ4v) is 2.67. The first-order valence-electron chi connectivity index (χ1n) is 6.99. The maximum Gasteiger partial charge on any atom is 0.310 e. The van der Waals surface area contributed by atoms with Gasteiger partial charge in [0.25, 0.3) is 0 Å². The van der Waals surface area contributed by atoms with Crippen LogP contribution in [0.2, 0.25) is 0 Å². The SMILES string of the molecule is C=CC=C[C@@H]1[C@@H](C(=O)OCc2c(F)c(F)cc(F)c2F)C1(C)C. The van der Waals surface area contributed by atoms with Gasteiger partial charge in [-0.2, -0.15) is 0 Å². The van der Waals surface area contributed by atoms with Gasteiger partial charge >= 0.3 is 5.97 Å². The second-order valence-corrected chi connectivity index (χ2v) is 6.00. The van der Waals surface area contributed by atoms with E-state index < -0.39 is 47.3 Å². The van der Waals surface area contributed by atoms with Crippen LogP contribution in [0, 0.1) is 40.5 Å². The van der Waals surface area contributed by atoms with Crippen LogP contribution in [0.5, 0.6) is 0 Å². The highest BCUT2D eigenvalue weighted by molar-refractivity contribution is 5.78. The van der Waals surface area contributed by atoms with E-state index in [1.165, 1.54) is 0 Å². The Labute approximate surface area is 131 Å². The molecule has 2 rings (SSSR count). The number of benzene rings is 1. The molecule has 0 amide bonds. The number of hydrogen-bond acceptors (Lipinski definition) is 2. The number of rotatable bonds is 5. The van der Waals surface area contributed by atoms with Crippen LogP contribution in [0.15, 0.2) is 30.9 Å². The second-order valence-electron chi connectivity index (χ2n) is 6.00. The van der Waals surface area contributed by atoms with E-state index in [2.05, 4.69) is 6.58 Å². The monoisotopic (exact) mass is 328 g/mol. The summed E-state index contributed by atoms with van der Waals surface area (Å²) in [5.74, 6) is -7.43. The lowest BCUT2D eigenvalue weighted by atomic mass is 10.1. The van der Waals surface area contributed by atoms with E-state index in [1.807, 2.05) is 13.8 Å². The molecule has 0 aromatic heterocycles. The zero-order valence-electron chi connectivity index (χ0n) is 12.7. The quantitative estimate of drug-likeness (QED) is 0.349. The van der Waals surface area contributed by atoms with Gasteiger partial charge in [-0.1, -0.05) is 38.7 Å². The second kappa shape index (κ2) is 6.18. The van der Waals surface area contributed by atoms with Gasteiger partial charge < -0.3 is 4.74 Å². The van der Waals surface area contributed by atoms with Gasteiger partial charge in [0.2, 0.25) is 0 Å². The molecule has 0 aliphatic heterocycles. The highest BCUT2D eigenvalue weighted by Gasteiger charge is 2.61. The third-order valence-electron chi connectivity index (χ3n) is 4.18. The van der Waals surface area contributed by atoms with Crippen molar-refractivity contribution < 1.29 is 27.1 Å². The van der Waals surface area contributed by atoms with Crippen LogP contribution >= 0.6 is 0 Å². The summed E-state index contributed by atoms with van der Waals surface area (Å²) < 4.78 is 58.1. The average Bonchev–Trinajstić information content (AvgIpc) is 3.04. The van der Waals surface area contributed by atoms with E-state index in [0.29, 0.717) is 0 Å². The number of carbonyl (C=O) groups is 1. The highest BCUT2D eigenvalue weighted by atomic mass is 19.2. The fraction of sp³-hybridized carbons (Fsp3) is 0.353. The Morgan fingerprint density at radius 1 is 1.26 bits per heavy atom. The summed E-state index contributed by atoms with van der Waals surface area (Å²) >= 11 is 0. The number of carbonyl (C=O) groups excluding carboxylic acids is 1. The molecule has 1 aromatic rings. The van der Waals surface area contributed by atoms with Crippen molar-refractivity contribution in [3.8, 4) is 0 Å². The van der Waals surface area contributed by atoms with Crippen LogP contribution in [0.3, 0.4) is 0 Å². The van der Waals surface area contributed by atoms with Crippen LogP contribution < -0.4 is 0 Å². The fourth-order valence-electron chi connectivity index (χ4n) is 2.67. The first kappa shape index (κ1) is 17.2. The maximum absolute atomic E-state index is 13.5. The number of hydrogen-bond donors (Lipinski definition) is 0. The topological polar surface area (TPSA) is 26.3 Å². The Bertz CT molecular complexity index is 653. The molecule has 6 heteroatoms. The molecule has 0 bridgehead atoms. The van der Waals surface area contributed by atoms with E-state index in [-0.39, 0.29) is 17.4 Å². The molecule has 0 spiro atoms. The molecule has 1 aliphatic carbocycles. The molecule has 1 aromatic carbocycles. The minimum atomic E-state index is -1.56. The van der Waals surface area contributed by atoms with Gasteiger partial charge in [0.15, 0.2) is 23.3 Å². The van der Waals surface area contributed by atoms with Gasteiger partial charge in [-0.05, 0) is 11.3 Å². The van der Waals surface area contributed by atoms with Crippen molar-refractivity contribution in [3.63, 3.8) is 0 Å². The third-order valence-corrected chi connectivity index (χ3v) is 4.18. The molecule has 2 atom stereocenters. The molecule has 124 valence electrons. The normalized spacial score (nSPS) is 22.2. The van der Waals surface area contributed by atoms with Gasteiger partial charge in [0.1, 0.15) is 6.61 Å². The summed E-state index contributed by atoms with van der Waals surface area (Å²) in [5, 5.41) is 0. The molecular formula is C17H16F4O2. The van der Waals surface area contributed by atoms with Gasteiger partial charge in [0.05, 0.1) is 11.5 Å². The minimum Gasteiger partial charge on any atom is -0.460 e. The molecule has 0 N–H and O–H groups in total. The van der Waals surface area contributed by atoms with Crippen LogP contribution in [0.4, 0.5) is 17.6 Å². The number of allylic oxidation sites excluding steroid dienone is 3. The molecule has 0 heterocycles. The van der Waals surface area contributed by atoms with Gasteiger partial charge in [-0.25, -0.2) is 17.6 Å². The molecule has 0 unspecified atom stereocenters. The third kappa shape index (κ3) is 3.16. The van der Waals surface area contributed by atoms with E-state index in [0.717, 1.165) is 0 Å². The number of esters is 1. The molecule has 0 radical (unpaired) electrons. The number of ether oxygens (including phenoxy) is 1. The van der Waals surface area contributed by atoms with E-state index >= 15 is 0 Å². The summed E-state index contributed by atoms with van der Waals surface area (Å²) in [7, 11) is 0. The Kier molecular flexibility index (Phi) is 4.63. The average molecular weight is 328 g/mol. The minimum absolute atomic E-state index is 0.0908. The first-order valence-corrected chi connectivity index (χ1v) is 6.99. The molecule has 2 nitrogen and oxygen atoms in total. The summed E-state index contributed by atoms with van der Waals surface area (Å²) in [4.78, 5) is 12.0. The zero-order valence-corrected chi connectivity index (χ0v) is 12.7. The van der Waals surface area contributed by atoms with Gasteiger partial charge in [-0.3, -0.25) is 4.79 Å². The summed E-state index contributed by atoms with van der Waals surface area (Å²) in [6.07, 6.45) is 5.06. The van der Waals surface area contributed by atoms with Crippen LogP contribution in [-0.2, 0) is 16.1 Å². The Balaban J connectivity index is 2.09. The Morgan fingerprint density at radius 2 is 1.83 bits per heavy atom. The molecule has 23 heavy (non-hydrogen) atoms. The van der Waals surface area contributed by atoms with Crippen molar-refractivity contribution in [3.05, 3.63) is 59.7 Å². The van der Waals surface area contributed by atoms with Crippen molar-refractivity contribution in [1.82, 2.24) is 0 Å². The van der Waals surface area contributed by atoms with Gasteiger partial charge in [-0.15, -0.1) is 0 Å². The van der Waals surface area contributed by atoms with Crippen molar-refractivity contribution >= 4 is 5.97 Å². The molecule has 1 fully saturated rings. The molecule has 1 saturated carbocycles. The molecule has 1 aliphatic rings. The Morgan fingerprint density at radius 3 is 2.35 bits per heavy atom. The van der Waals surface area contributed by atoms with Crippen LogP contribution in [-0.4, -0.2) is 5.97 Å². The summed E-state index contributed by atoms with van der Waals surface area (Å²) in [6.45, 7) is 6.36. The van der Waals surface area contributed by atoms with Crippen molar-refractivity contribution in [2.45, 2.75) is 20.5 Å². The van der Waals surface area contributed by atoms with Crippen LogP contribution in [0.25, 0.3) is 0 Å². The van der Waals surface area contributed by atoms with E-state index in [9.17, 15) is 22.4 Å². The predicted octanol–water partition coefficient (Wildman–Crippen LogP) is 4.30. The lowest BCUT2D eigenvalue weighted by Gasteiger charge is -2.09. The van der Waals surface area contributed by atoms with Crippen LogP contribution in [0.1, 0.15) is 19.4 Å². The molecule has 0 saturated heterocycles. The lowest BCUT2D eigenvalue weighted by Crippen LogP contribution is -2.13. The smallest absolute Gasteiger partial charge is 0.310 e. The largest absolute Gasteiger partial charge is 0.460 e. The van der Waals surface area contributed by atoms with E-state index in [1.54, 1.807) is 18.2 Å². The molecular weight excluding hydrogens is 312 g/mol. The van der Waals surface area contributed by atoms with Crippen molar-refractivity contribution in [2.75, 3.05) is 0 Å².